The van der Waals surface area contributed by atoms with Crippen molar-refractivity contribution in [2.24, 2.45) is 0 Å². The molecule has 0 spiro atoms. The fourth-order valence-electron chi connectivity index (χ4n) is 2.02. The van der Waals surface area contributed by atoms with Crippen LogP contribution in [0.2, 0.25) is 0 Å². The molecule has 2 N–H and O–H groups in total. The minimum absolute atomic E-state index is 0.0724. The quantitative estimate of drug-likeness (QED) is 0.893. The maximum Gasteiger partial charge on any atom is 0.228 e. The molecule has 0 atom stereocenters. The topological polar surface area (TPSA) is 49.3 Å². The van der Waals surface area contributed by atoms with E-state index in [0.29, 0.717) is 0 Å². The van der Waals surface area contributed by atoms with E-state index in [1.165, 1.54) is 0 Å². The number of hydrogen-bond donors (Lipinski definition) is 2. The van der Waals surface area contributed by atoms with E-state index < -0.39 is 0 Å². The van der Waals surface area contributed by atoms with Crippen LogP contribution < -0.4 is 5.32 Å². The molecular formula is C16H16BrNO2. The summed E-state index contributed by atoms with van der Waals surface area (Å²) in [4.78, 5) is 12.0. The molecule has 0 bridgehead atoms. The van der Waals surface area contributed by atoms with E-state index in [2.05, 4.69) is 21.2 Å². The Morgan fingerprint density at radius 3 is 2.25 bits per heavy atom. The fourth-order valence-corrected chi connectivity index (χ4v) is 2.25. The van der Waals surface area contributed by atoms with Gasteiger partial charge in [-0.15, -0.1) is 0 Å². The van der Waals surface area contributed by atoms with Crippen molar-refractivity contribution in [2.45, 2.75) is 20.3 Å². The number of anilines is 1. The molecule has 20 heavy (non-hydrogen) atoms. The lowest BCUT2D eigenvalue weighted by molar-refractivity contribution is -0.115. The highest BCUT2D eigenvalue weighted by atomic mass is 79.9. The Morgan fingerprint density at radius 2 is 1.70 bits per heavy atom. The van der Waals surface area contributed by atoms with Gasteiger partial charge in [-0.2, -0.15) is 0 Å². The molecule has 0 radical (unpaired) electrons. The average Bonchev–Trinajstić information content (AvgIpc) is 2.38. The number of amides is 1. The highest BCUT2D eigenvalue weighted by Crippen LogP contribution is 2.25. The van der Waals surface area contributed by atoms with Crippen molar-refractivity contribution in [2.75, 3.05) is 5.32 Å². The Balaban J connectivity index is 2.06. The van der Waals surface area contributed by atoms with Crippen molar-refractivity contribution in [1.82, 2.24) is 0 Å². The average molecular weight is 334 g/mol. The number of halogens is 1. The number of carbonyl (C=O) groups is 1. The van der Waals surface area contributed by atoms with Crippen LogP contribution in [0, 0.1) is 13.8 Å². The lowest BCUT2D eigenvalue weighted by atomic mass is 10.1. The summed E-state index contributed by atoms with van der Waals surface area (Å²) in [6.45, 7) is 3.99. The molecule has 104 valence electrons. The molecule has 0 aliphatic heterocycles. The van der Waals surface area contributed by atoms with Gasteiger partial charge in [-0.05, 0) is 54.8 Å². The third kappa shape index (κ3) is 3.61. The highest BCUT2D eigenvalue weighted by molar-refractivity contribution is 9.10. The van der Waals surface area contributed by atoms with E-state index in [-0.39, 0.29) is 18.1 Å². The van der Waals surface area contributed by atoms with Gasteiger partial charge in [-0.1, -0.05) is 28.1 Å². The summed E-state index contributed by atoms with van der Waals surface area (Å²) in [7, 11) is 0. The smallest absolute Gasteiger partial charge is 0.228 e. The summed E-state index contributed by atoms with van der Waals surface area (Å²) in [6, 6.07) is 10.5. The van der Waals surface area contributed by atoms with E-state index in [4.69, 9.17) is 0 Å². The van der Waals surface area contributed by atoms with Crippen molar-refractivity contribution < 1.29 is 9.90 Å². The van der Waals surface area contributed by atoms with Gasteiger partial charge in [0.25, 0.3) is 0 Å². The van der Waals surface area contributed by atoms with Gasteiger partial charge in [0.1, 0.15) is 5.75 Å². The van der Waals surface area contributed by atoms with Crippen LogP contribution in [0.5, 0.6) is 5.75 Å². The standard InChI is InChI=1S/C16H16BrNO2/c1-10-7-13(8-11(2)16(10)17)18-15(20)9-12-3-5-14(19)6-4-12/h3-8,19H,9H2,1-2H3,(H,18,20). The number of benzene rings is 2. The van der Waals surface area contributed by atoms with E-state index in [1.54, 1.807) is 24.3 Å². The Bertz CT molecular complexity index is 612. The molecule has 0 heterocycles. The van der Waals surface area contributed by atoms with Crippen LogP contribution in [0.3, 0.4) is 0 Å². The predicted molar refractivity (Wildman–Crippen MR) is 84.1 cm³/mol. The minimum atomic E-state index is -0.0724. The fraction of sp³-hybridized carbons (Fsp3) is 0.188. The van der Waals surface area contributed by atoms with Crippen LogP contribution >= 0.6 is 15.9 Å². The lowest BCUT2D eigenvalue weighted by Gasteiger charge is -2.10. The first-order chi connectivity index (χ1) is 9.45. The highest BCUT2D eigenvalue weighted by Gasteiger charge is 2.07. The zero-order chi connectivity index (χ0) is 14.7. The molecule has 4 heteroatoms. The first-order valence-corrected chi connectivity index (χ1v) is 7.09. The predicted octanol–water partition coefficient (Wildman–Crippen LogP) is 3.95. The first-order valence-electron chi connectivity index (χ1n) is 6.30. The van der Waals surface area contributed by atoms with Crippen molar-refractivity contribution in [3.63, 3.8) is 0 Å². The van der Waals surface area contributed by atoms with Gasteiger partial charge in [0.05, 0.1) is 6.42 Å². The van der Waals surface area contributed by atoms with E-state index in [9.17, 15) is 9.90 Å². The first kappa shape index (κ1) is 14.6. The Hall–Kier alpha value is -1.81. The summed E-state index contributed by atoms with van der Waals surface area (Å²) >= 11 is 3.50. The molecule has 2 aromatic rings. The Morgan fingerprint density at radius 1 is 1.15 bits per heavy atom. The summed E-state index contributed by atoms with van der Waals surface area (Å²) in [5.74, 6) is 0.130. The summed E-state index contributed by atoms with van der Waals surface area (Å²) in [5.41, 5.74) is 3.84. The molecule has 3 nitrogen and oxygen atoms in total. The molecule has 0 aliphatic rings. The number of phenolic OH excluding ortho intramolecular Hbond substituents is 1. The summed E-state index contributed by atoms with van der Waals surface area (Å²) in [6.07, 6.45) is 0.286. The molecule has 0 saturated carbocycles. The third-order valence-corrected chi connectivity index (χ3v) is 4.27. The monoisotopic (exact) mass is 333 g/mol. The van der Waals surface area contributed by atoms with Gasteiger partial charge < -0.3 is 10.4 Å². The van der Waals surface area contributed by atoms with Crippen molar-refractivity contribution >= 4 is 27.5 Å². The second-order valence-electron chi connectivity index (χ2n) is 4.82. The zero-order valence-electron chi connectivity index (χ0n) is 11.4. The van der Waals surface area contributed by atoms with Crippen molar-refractivity contribution in [3.8, 4) is 5.75 Å². The van der Waals surface area contributed by atoms with Crippen molar-refractivity contribution in [3.05, 3.63) is 57.6 Å². The van der Waals surface area contributed by atoms with Gasteiger partial charge in [-0.25, -0.2) is 0 Å². The van der Waals surface area contributed by atoms with Crippen LogP contribution in [0.4, 0.5) is 5.69 Å². The van der Waals surface area contributed by atoms with Crippen LogP contribution in [-0.2, 0) is 11.2 Å². The number of aromatic hydroxyl groups is 1. The normalized spacial score (nSPS) is 10.3. The Kier molecular flexibility index (Phi) is 4.45. The SMILES string of the molecule is Cc1cc(NC(=O)Cc2ccc(O)cc2)cc(C)c1Br. The molecule has 2 rings (SSSR count). The number of phenols is 1. The maximum atomic E-state index is 12.0. The molecular weight excluding hydrogens is 318 g/mol. The number of aryl methyl sites for hydroxylation is 2. The largest absolute Gasteiger partial charge is 0.508 e. The summed E-state index contributed by atoms with van der Waals surface area (Å²) in [5, 5.41) is 12.1. The molecule has 0 unspecified atom stereocenters. The van der Waals surface area contributed by atoms with Gasteiger partial charge in [0.15, 0.2) is 0 Å². The maximum absolute atomic E-state index is 12.0. The minimum Gasteiger partial charge on any atom is -0.508 e. The molecule has 2 aromatic carbocycles. The number of rotatable bonds is 3. The molecule has 0 fully saturated rings. The van der Waals surface area contributed by atoms with Gasteiger partial charge in [0.2, 0.25) is 5.91 Å². The van der Waals surface area contributed by atoms with Crippen molar-refractivity contribution in [1.29, 1.82) is 0 Å². The van der Waals surface area contributed by atoms with Crippen LogP contribution in [-0.4, -0.2) is 11.0 Å². The third-order valence-electron chi connectivity index (χ3n) is 3.02. The number of carbonyl (C=O) groups excluding carboxylic acids is 1. The molecule has 0 aliphatic carbocycles. The second-order valence-corrected chi connectivity index (χ2v) is 5.61. The van der Waals surface area contributed by atoms with E-state index >= 15 is 0 Å². The molecule has 0 saturated heterocycles. The van der Waals surface area contributed by atoms with Crippen LogP contribution in [0.25, 0.3) is 0 Å². The van der Waals surface area contributed by atoms with Crippen LogP contribution in [0.1, 0.15) is 16.7 Å². The second kappa shape index (κ2) is 6.09. The number of hydrogen-bond acceptors (Lipinski definition) is 2. The molecule has 1 amide bonds. The van der Waals surface area contributed by atoms with E-state index in [0.717, 1.165) is 26.9 Å². The van der Waals surface area contributed by atoms with Gasteiger partial charge >= 0.3 is 0 Å². The van der Waals surface area contributed by atoms with Gasteiger partial charge in [0, 0.05) is 10.2 Å². The van der Waals surface area contributed by atoms with E-state index in [1.807, 2.05) is 26.0 Å². The van der Waals surface area contributed by atoms with Gasteiger partial charge in [-0.3, -0.25) is 4.79 Å². The lowest BCUT2D eigenvalue weighted by Crippen LogP contribution is -2.14. The van der Waals surface area contributed by atoms with Crippen LogP contribution in [0.15, 0.2) is 40.9 Å². The Labute approximate surface area is 126 Å². The molecule has 0 aromatic heterocycles. The summed E-state index contributed by atoms with van der Waals surface area (Å²) < 4.78 is 1.06. The number of nitrogens with one attached hydrogen (secondary N) is 1. The zero-order valence-corrected chi connectivity index (χ0v) is 13.0.